The van der Waals surface area contributed by atoms with Gasteiger partial charge in [0.2, 0.25) is 0 Å². The van der Waals surface area contributed by atoms with Crippen molar-refractivity contribution in [1.29, 1.82) is 0 Å². The molecule has 2 aromatic rings. The van der Waals surface area contributed by atoms with Gasteiger partial charge in [-0.3, -0.25) is 14.4 Å². The molecule has 0 atom stereocenters. The molecule has 22 heavy (non-hydrogen) atoms. The van der Waals surface area contributed by atoms with Crippen molar-refractivity contribution in [3.8, 4) is 0 Å². The summed E-state index contributed by atoms with van der Waals surface area (Å²) in [4.78, 5) is 34.0. The van der Waals surface area contributed by atoms with E-state index in [0.717, 1.165) is 0 Å². The molecule has 0 aliphatic rings. The van der Waals surface area contributed by atoms with Crippen molar-refractivity contribution in [2.75, 3.05) is 0 Å². The Labute approximate surface area is 149 Å². The number of carbonyl (C=O) groups is 3. The number of carbonyl (C=O) groups excluding carboxylic acids is 3. The molecule has 7 heteroatoms. The number of rotatable bonds is 4. The third-order valence-corrected chi connectivity index (χ3v) is 3.18. The normalized spacial score (nSPS) is 9.18. The second-order valence-electron chi connectivity index (χ2n) is 4.03. The highest BCUT2D eigenvalue weighted by Crippen LogP contribution is 2.14. The minimum Gasteiger partial charge on any atom is -0.289 e. The van der Waals surface area contributed by atoms with Crippen molar-refractivity contribution >= 4 is 64.3 Å². The number of benzene rings is 2. The molecule has 0 saturated heterocycles. The molecule has 0 N–H and O–H groups in total. The Morgan fingerprint density at radius 1 is 0.545 bits per heavy atom. The second-order valence-corrected chi connectivity index (χ2v) is 4.72. The van der Waals surface area contributed by atoms with E-state index in [1.807, 2.05) is 0 Å². The highest BCUT2D eigenvalue weighted by atomic mass is 35.5. The van der Waals surface area contributed by atoms with Gasteiger partial charge in [0.15, 0.2) is 5.78 Å². The molecule has 3 nitrogen and oxygen atoms in total. The SMILES string of the molecule is Cl.Cl.O=C(Cl)c1ccc(C(=O)c2ccc(C(=O)Cl)cc2)cc1. The minimum atomic E-state index is -0.575. The third-order valence-electron chi connectivity index (χ3n) is 2.75. The van der Waals surface area contributed by atoms with Gasteiger partial charge in [-0.2, -0.15) is 0 Å². The van der Waals surface area contributed by atoms with Crippen LogP contribution in [0.15, 0.2) is 48.5 Å². The Hall–Kier alpha value is -1.39. The summed E-state index contributed by atoms with van der Waals surface area (Å²) in [6.45, 7) is 0. The molecular weight excluding hydrogens is 370 g/mol. The van der Waals surface area contributed by atoms with Crippen molar-refractivity contribution in [3.05, 3.63) is 70.8 Å². The average molecular weight is 380 g/mol. The van der Waals surface area contributed by atoms with Crippen molar-refractivity contribution in [3.63, 3.8) is 0 Å². The maximum Gasteiger partial charge on any atom is 0.252 e. The molecule has 0 aliphatic carbocycles. The van der Waals surface area contributed by atoms with Crippen molar-refractivity contribution in [2.24, 2.45) is 0 Å². The zero-order valence-corrected chi connectivity index (χ0v) is 14.1. The zero-order valence-electron chi connectivity index (χ0n) is 10.9. The smallest absolute Gasteiger partial charge is 0.252 e. The van der Waals surface area contributed by atoms with Gasteiger partial charge in [0.1, 0.15) is 0 Å². The maximum atomic E-state index is 12.2. The molecule has 0 fully saturated rings. The molecule has 0 bridgehead atoms. The lowest BCUT2D eigenvalue weighted by Gasteiger charge is -2.02. The van der Waals surface area contributed by atoms with Crippen molar-refractivity contribution < 1.29 is 14.4 Å². The van der Waals surface area contributed by atoms with Gasteiger partial charge in [-0.15, -0.1) is 24.8 Å². The average Bonchev–Trinajstić information content (AvgIpc) is 2.46. The molecule has 0 spiro atoms. The van der Waals surface area contributed by atoms with Gasteiger partial charge in [-0.25, -0.2) is 0 Å². The fourth-order valence-corrected chi connectivity index (χ4v) is 1.92. The molecular formula is C15H10Cl4O3. The summed E-state index contributed by atoms with van der Waals surface area (Å²) in [5.41, 5.74) is 1.51. The molecule has 116 valence electrons. The van der Waals surface area contributed by atoms with Crippen LogP contribution < -0.4 is 0 Å². The summed E-state index contributed by atoms with van der Waals surface area (Å²) in [5.74, 6) is -0.216. The Kier molecular flexibility index (Phi) is 8.35. The zero-order chi connectivity index (χ0) is 14.7. The van der Waals surface area contributed by atoms with Crippen LogP contribution in [0.5, 0.6) is 0 Å². The van der Waals surface area contributed by atoms with Gasteiger partial charge in [-0.05, 0) is 47.5 Å². The summed E-state index contributed by atoms with van der Waals surface area (Å²) >= 11 is 10.7. The topological polar surface area (TPSA) is 51.2 Å². The summed E-state index contributed by atoms with van der Waals surface area (Å²) in [6.07, 6.45) is 0. The molecule has 0 saturated carbocycles. The predicted octanol–water partition coefficient (Wildman–Crippen LogP) is 4.52. The molecule has 0 heterocycles. The monoisotopic (exact) mass is 378 g/mol. The predicted molar refractivity (Wildman–Crippen MR) is 91.2 cm³/mol. The first-order valence-electron chi connectivity index (χ1n) is 5.63. The first-order chi connectivity index (χ1) is 9.49. The van der Waals surface area contributed by atoms with Crippen LogP contribution in [0.4, 0.5) is 0 Å². The van der Waals surface area contributed by atoms with Gasteiger partial charge in [0, 0.05) is 22.3 Å². The first-order valence-corrected chi connectivity index (χ1v) is 6.39. The van der Waals surface area contributed by atoms with Crippen LogP contribution in [0, 0.1) is 0 Å². The van der Waals surface area contributed by atoms with Crippen molar-refractivity contribution in [1.82, 2.24) is 0 Å². The lowest BCUT2D eigenvalue weighted by molar-refractivity contribution is 0.103. The van der Waals surface area contributed by atoms with E-state index in [-0.39, 0.29) is 30.6 Å². The quantitative estimate of drug-likeness (QED) is 0.579. The minimum absolute atomic E-state index is 0. The Bertz CT molecular complexity index is 619. The van der Waals surface area contributed by atoms with E-state index in [0.29, 0.717) is 22.3 Å². The van der Waals surface area contributed by atoms with E-state index in [2.05, 4.69) is 0 Å². The van der Waals surface area contributed by atoms with E-state index in [1.54, 1.807) is 0 Å². The van der Waals surface area contributed by atoms with E-state index in [4.69, 9.17) is 23.2 Å². The molecule has 0 aliphatic heterocycles. The second kappa shape index (κ2) is 8.91. The summed E-state index contributed by atoms with van der Waals surface area (Å²) < 4.78 is 0. The van der Waals surface area contributed by atoms with Gasteiger partial charge in [0.25, 0.3) is 10.5 Å². The first kappa shape index (κ1) is 20.6. The molecule has 0 amide bonds. The molecule has 0 unspecified atom stereocenters. The van der Waals surface area contributed by atoms with Crippen molar-refractivity contribution in [2.45, 2.75) is 0 Å². The fraction of sp³-hybridized carbons (Fsp3) is 0. The lowest BCUT2D eigenvalue weighted by Crippen LogP contribution is -2.02. The number of ketones is 1. The summed E-state index contributed by atoms with van der Waals surface area (Å²) in [5, 5.41) is -1.15. The van der Waals surface area contributed by atoms with E-state index in [9.17, 15) is 14.4 Å². The van der Waals surface area contributed by atoms with Crippen LogP contribution in [0.2, 0.25) is 0 Å². The standard InChI is InChI=1S/C15H8Cl2O3.2ClH/c16-14(19)11-5-1-9(2-6-11)13(18)10-3-7-12(8-4-10)15(17)20;;/h1-8H;2*1H. The van der Waals surface area contributed by atoms with Gasteiger partial charge < -0.3 is 0 Å². The van der Waals surface area contributed by atoms with Gasteiger partial charge in [-0.1, -0.05) is 24.3 Å². The molecule has 2 rings (SSSR count). The fourth-order valence-electron chi connectivity index (χ4n) is 1.67. The van der Waals surface area contributed by atoms with Crippen LogP contribution in [-0.2, 0) is 0 Å². The highest BCUT2D eigenvalue weighted by Gasteiger charge is 2.11. The maximum absolute atomic E-state index is 12.2. The lowest BCUT2D eigenvalue weighted by atomic mass is 10.0. The third kappa shape index (κ3) is 4.82. The van der Waals surface area contributed by atoms with Crippen LogP contribution in [0.3, 0.4) is 0 Å². The Morgan fingerprint density at radius 2 is 0.773 bits per heavy atom. The molecule has 0 aromatic heterocycles. The van der Waals surface area contributed by atoms with E-state index < -0.39 is 10.5 Å². The number of halogens is 4. The van der Waals surface area contributed by atoms with E-state index >= 15 is 0 Å². The van der Waals surface area contributed by atoms with Gasteiger partial charge in [0.05, 0.1) is 0 Å². The number of hydrogen-bond donors (Lipinski definition) is 0. The van der Waals surface area contributed by atoms with Gasteiger partial charge >= 0.3 is 0 Å². The largest absolute Gasteiger partial charge is 0.289 e. The Morgan fingerprint density at radius 3 is 1.00 bits per heavy atom. The summed E-state index contributed by atoms with van der Waals surface area (Å²) in [6, 6.07) is 12.0. The molecule has 2 aromatic carbocycles. The highest BCUT2D eigenvalue weighted by molar-refractivity contribution is 6.68. The van der Waals surface area contributed by atoms with Crippen LogP contribution in [-0.4, -0.2) is 16.3 Å². The number of hydrogen-bond acceptors (Lipinski definition) is 3. The van der Waals surface area contributed by atoms with E-state index in [1.165, 1.54) is 48.5 Å². The molecule has 0 radical (unpaired) electrons. The Balaban J connectivity index is 0.00000220. The summed E-state index contributed by atoms with van der Waals surface area (Å²) in [7, 11) is 0. The van der Waals surface area contributed by atoms with Crippen LogP contribution in [0.25, 0.3) is 0 Å². The van der Waals surface area contributed by atoms with Crippen LogP contribution >= 0.6 is 48.0 Å². The van der Waals surface area contributed by atoms with Crippen LogP contribution in [0.1, 0.15) is 36.6 Å².